The van der Waals surface area contributed by atoms with Crippen LogP contribution in [0.25, 0.3) is 0 Å². The van der Waals surface area contributed by atoms with E-state index in [0.29, 0.717) is 15.7 Å². The van der Waals surface area contributed by atoms with Crippen LogP contribution >= 0.6 is 39.1 Å². The standard InChI is InChI=1S/C13H7BrCl2F2N2O/c14-9-4-11(18)12(5-10(9)17)20-13(21)19-8-2-6(15)1-7(16)3-8/h1-5H,(H2,19,20,21). The second-order valence-corrected chi connectivity index (χ2v) is 5.71. The van der Waals surface area contributed by atoms with Crippen LogP contribution in [0.1, 0.15) is 0 Å². The first-order valence-corrected chi connectivity index (χ1v) is 7.08. The first kappa shape index (κ1) is 16.0. The zero-order valence-electron chi connectivity index (χ0n) is 10.2. The number of hydrogen-bond donors (Lipinski definition) is 2. The fourth-order valence-corrected chi connectivity index (χ4v) is 2.37. The van der Waals surface area contributed by atoms with E-state index in [-0.39, 0.29) is 10.2 Å². The van der Waals surface area contributed by atoms with Gasteiger partial charge in [-0.25, -0.2) is 13.6 Å². The number of hydrogen-bond acceptors (Lipinski definition) is 1. The second-order valence-electron chi connectivity index (χ2n) is 3.98. The Bertz CT molecular complexity index is 693. The number of halogens is 5. The first-order valence-electron chi connectivity index (χ1n) is 5.54. The first-order chi connectivity index (χ1) is 9.85. The average Bonchev–Trinajstić information content (AvgIpc) is 2.34. The lowest BCUT2D eigenvalue weighted by atomic mass is 10.3. The predicted molar refractivity (Wildman–Crippen MR) is 83.2 cm³/mol. The van der Waals surface area contributed by atoms with E-state index >= 15 is 0 Å². The lowest BCUT2D eigenvalue weighted by Gasteiger charge is -2.09. The molecule has 0 bridgehead atoms. The van der Waals surface area contributed by atoms with Gasteiger partial charge >= 0.3 is 6.03 Å². The molecule has 0 aliphatic rings. The smallest absolute Gasteiger partial charge is 0.308 e. The van der Waals surface area contributed by atoms with E-state index in [1.54, 1.807) is 0 Å². The van der Waals surface area contributed by atoms with Crippen LogP contribution in [0.15, 0.2) is 34.8 Å². The Balaban J connectivity index is 2.13. The molecule has 2 amide bonds. The molecule has 0 aliphatic carbocycles. The van der Waals surface area contributed by atoms with Crippen molar-refractivity contribution in [3.8, 4) is 0 Å². The fourth-order valence-electron chi connectivity index (χ4n) is 1.53. The highest BCUT2D eigenvalue weighted by molar-refractivity contribution is 9.10. The average molecular weight is 396 g/mol. The molecule has 0 saturated carbocycles. The minimum absolute atomic E-state index is 0.0346. The molecule has 2 aromatic carbocycles. The van der Waals surface area contributed by atoms with Gasteiger partial charge in [0.05, 0.1) is 10.2 Å². The molecule has 110 valence electrons. The van der Waals surface area contributed by atoms with Crippen LogP contribution in [0.5, 0.6) is 0 Å². The molecule has 0 aromatic heterocycles. The maximum absolute atomic E-state index is 13.6. The van der Waals surface area contributed by atoms with Gasteiger partial charge < -0.3 is 10.6 Å². The Morgan fingerprint density at radius 1 is 0.952 bits per heavy atom. The zero-order valence-corrected chi connectivity index (χ0v) is 13.3. The molecule has 0 unspecified atom stereocenters. The predicted octanol–water partition coefficient (Wildman–Crippen LogP) is 5.68. The Morgan fingerprint density at radius 3 is 2.19 bits per heavy atom. The molecule has 0 heterocycles. The third-order valence-corrected chi connectivity index (χ3v) is 3.42. The molecule has 0 fully saturated rings. The molecule has 2 N–H and O–H groups in total. The van der Waals surface area contributed by atoms with Crippen LogP contribution in [0, 0.1) is 11.6 Å². The zero-order chi connectivity index (χ0) is 15.6. The molecular formula is C13H7BrCl2F2N2O. The van der Waals surface area contributed by atoms with Crippen molar-refractivity contribution in [1.82, 2.24) is 0 Å². The Kier molecular flexibility index (Phi) is 5.03. The lowest BCUT2D eigenvalue weighted by molar-refractivity contribution is 0.262. The van der Waals surface area contributed by atoms with E-state index in [2.05, 4.69) is 26.6 Å². The summed E-state index contributed by atoms with van der Waals surface area (Å²) in [5.41, 5.74) is 0.0318. The quantitative estimate of drug-likeness (QED) is 0.631. The lowest BCUT2D eigenvalue weighted by Crippen LogP contribution is -2.20. The third-order valence-electron chi connectivity index (χ3n) is 2.38. The van der Waals surface area contributed by atoms with Gasteiger partial charge in [-0.05, 0) is 40.2 Å². The Hall–Kier alpha value is -1.37. The summed E-state index contributed by atoms with van der Waals surface area (Å²) in [4.78, 5) is 11.7. The molecule has 0 aliphatic heterocycles. The minimum atomic E-state index is -0.775. The van der Waals surface area contributed by atoms with Gasteiger partial charge in [-0.1, -0.05) is 23.2 Å². The summed E-state index contributed by atoms with van der Waals surface area (Å²) in [5, 5.41) is 5.27. The van der Waals surface area contributed by atoms with Gasteiger partial charge in [0.15, 0.2) is 0 Å². The number of anilines is 2. The van der Waals surface area contributed by atoms with Crippen molar-refractivity contribution in [2.45, 2.75) is 0 Å². The largest absolute Gasteiger partial charge is 0.323 e. The van der Waals surface area contributed by atoms with Crippen molar-refractivity contribution in [3.63, 3.8) is 0 Å². The molecule has 21 heavy (non-hydrogen) atoms. The second kappa shape index (κ2) is 6.60. The highest BCUT2D eigenvalue weighted by Gasteiger charge is 2.11. The van der Waals surface area contributed by atoms with Crippen molar-refractivity contribution < 1.29 is 13.6 Å². The van der Waals surface area contributed by atoms with Gasteiger partial charge in [-0.3, -0.25) is 0 Å². The SMILES string of the molecule is O=C(Nc1cc(Cl)cc(Cl)c1)Nc1cc(F)c(Br)cc1F. The number of carbonyl (C=O) groups excluding carboxylic acids is 1. The highest BCUT2D eigenvalue weighted by Crippen LogP contribution is 2.25. The molecule has 0 atom stereocenters. The molecule has 2 rings (SSSR count). The molecule has 2 aromatic rings. The van der Waals surface area contributed by atoms with Crippen LogP contribution in [0.2, 0.25) is 10.0 Å². The Labute approximate surface area is 137 Å². The van der Waals surface area contributed by atoms with Gasteiger partial charge in [-0.15, -0.1) is 0 Å². The van der Waals surface area contributed by atoms with Gasteiger partial charge in [0, 0.05) is 21.8 Å². The van der Waals surface area contributed by atoms with Crippen LogP contribution in [0.4, 0.5) is 25.0 Å². The normalized spacial score (nSPS) is 10.3. The number of nitrogens with one attached hydrogen (secondary N) is 2. The van der Waals surface area contributed by atoms with E-state index in [9.17, 15) is 13.6 Å². The van der Waals surface area contributed by atoms with Gasteiger partial charge in [-0.2, -0.15) is 0 Å². The fraction of sp³-hybridized carbons (Fsp3) is 0. The van der Waals surface area contributed by atoms with Gasteiger partial charge in [0.2, 0.25) is 0 Å². The van der Waals surface area contributed by atoms with Crippen LogP contribution in [-0.2, 0) is 0 Å². The van der Waals surface area contributed by atoms with Crippen LogP contribution in [-0.4, -0.2) is 6.03 Å². The van der Waals surface area contributed by atoms with Crippen molar-refractivity contribution in [2.75, 3.05) is 10.6 Å². The molecule has 8 heteroatoms. The van der Waals surface area contributed by atoms with Crippen molar-refractivity contribution in [3.05, 3.63) is 56.5 Å². The van der Waals surface area contributed by atoms with Crippen LogP contribution < -0.4 is 10.6 Å². The summed E-state index contributed by atoms with van der Waals surface area (Å²) in [5.74, 6) is -1.47. The summed E-state index contributed by atoms with van der Waals surface area (Å²) in [6.07, 6.45) is 0. The van der Waals surface area contributed by atoms with E-state index in [0.717, 1.165) is 12.1 Å². The van der Waals surface area contributed by atoms with Crippen molar-refractivity contribution in [1.29, 1.82) is 0 Å². The molecule has 0 saturated heterocycles. The number of urea groups is 1. The number of rotatable bonds is 2. The third kappa shape index (κ3) is 4.30. The van der Waals surface area contributed by atoms with Crippen molar-refractivity contribution in [2.24, 2.45) is 0 Å². The molecular weight excluding hydrogens is 389 g/mol. The van der Waals surface area contributed by atoms with Crippen LogP contribution in [0.3, 0.4) is 0 Å². The maximum atomic E-state index is 13.6. The van der Waals surface area contributed by atoms with Gasteiger partial charge in [0.1, 0.15) is 11.6 Å². The van der Waals surface area contributed by atoms with Gasteiger partial charge in [0.25, 0.3) is 0 Å². The summed E-state index contributed by atoms with van der Waals surface area (Å²) < 4.78 is 26.9. The number of benzene rings is 2. The van der Waals surface area contributed by atoms with E-state index < -0.39 is 17.7 Å². The van der Waals surface area contributed by atoms with E-state index in [1.807, 2.05) is 0 Å². The molecule has 0 spiro atoms. The number of amides is 2. The summed E-state index contributed by atoms with van der Waals surface area (Å²) in [6, 6.07) is 5.45. The topological polar surface area (TPSA) is 41.1 Å². The van der Waals surface area contributed by atoms with Crippen molar-refractivity contribution >= 4 is 56.5 Å². The van der Waals surface area contributed by atoms with E-state index in [1.165, 1.54) is 18.2 Å². The summed E-state index contributed by atoms with van der Waals surface area (Å²) >= 11 is 14.4. The molecule has 3 nitrogen and oxygen atoms in total. The summed E-state index contributed by atoms with van der Waals surface area (Å²) in [6.45, 7) is 0. The Morgan fingerprint density at radius 2 is 1.57 bits per heavy atom. The monoisotopic (exact) mass is 394 g/mol. The minimum Gasteiger partial charge on any atom is -0.308 e. The summed E-state index contributed by atoms with van der Waals surface area (Å²) in [7, 11) is 0. The maximum Gasteiger partial charge on any atom is 0.323 e. The molecule has 0 radical (unpaired) electrons. The van der Waals surface area contributed by atoms with E-state index in [4.69, 9.17) is 23.2 Å². The highest BCUT2D eigenvalue weighted by atomic mass is 79.9. The number of carbonyl (C=O) groups is 1.